The maximum atomic E-state index is 5.83. The van der Waals surface area contributed by atoms with Crippen LogP contribution in [0.25, 0.3) is 0 Å². The largest absolute Gasteiger partial charge is 0.457 e. The Morgan fingerprint density at radius 3 is 2.00 bits per heavy atom. The quantitative estimate of drug-likeness (QED) is 0.859. The van der Waals surface area contributed by atoms with Crippen molar-refractivity contribution in [2.75, 3.05) is 0 Å². The highest BCUT2D eigenvalue weighted by molar-refractivity contribution is 6.30. The molecular weight excluding hydrogens is 258 g/mol. The molecule has 0 heterocycles. The minimum atomic E-state index is 0.491. The van der Waals surface area contributed by atoms with Gasteiger partial charge in [-0.25, -0.2) is 0 Å². The molecule has 0 fully saturated rings. The van der Waals surface area contributed by atoms with Crippen LogP contribution in [0.5, 0.6) is 11.5 Å². The molecule has 0 bridgehead atoms. The maximum Gasteiger partial charge on any atom is 0.127 e. The lowest BCUT2D eigenvalue weighted by atomic mass is 10.2. The number of halogens is 1. The summed E-state index contributed by atoms with van der Waals surface area (Å²) < 4.78 is 5.73. The highest BCUT2D eigenvalue weighted by atomic mass is 35.5. The van der Waals surface area contributed by atoms with Gasteiger partial charge in [0.05, 0.1) is 0 Å². The van der Waals surface area contributed by atoms with Crippen LogP contribution in [-0.2, 0) is 6.54 Å². The van der Waals surface area contributed by atoms with E-state index in [4.69, 9.17) is 16.3 Å². The van der Waals surface area contributed by atoms with Crippen molar-refractivity contribution in [1.29, 1.82) is 0 Å². The van der Waals surface area contributed by atoms with Crippen LogP contribution in [0.3, 0.4) is 0 Å². The van der Waals surface area contributed by atoms with Crippen molar-refractivity contribution in [3.05, 3.63) is 59.1 Å². The molecule has 2 aromatic rings. The fourth-order valence-corrected chi connectivity index (χ4v) is 1.76. The second kappa shape index (κ2) is 6.60. The van der Waals surface area contributed by atoms with E-state index in [1.165, 1.54) is 5.56 Å². The van der Waals surface area contributed by atoms with Gasteiger partial charge >= 0.3 is 0 Å². The van der Waals surface area contributed by atoms with Gasteiger partial charge in [-0.2, -0.15) is 0 Å². The molecule has 0 aromatic heterocycles. The average Bonchev–Trinajstić information content (AvgIpc) is 2.40. The normalized spacial score (nSPS) is 10.7. The summed E-state index contributed by atoms with van der Waals surface area (Å²) in [5, 5.41) is 4.09. The molecule has 0 unspecified atom stereocenters. The van der Waals surface area contributed by atoms with E-state index in [1.54, 1.807) is 0 Å². The molecule has 0 aliphatic rings. The van der Waals surface area contributed by atoms with Crippen molar-refractivity contribution < 1.29 is 4.74 Å². The predicted octanol–water partition coefficient (Wildman–Crippen LogP) is 4.63. The third kappa shape index (κ3) is 4.58. The smallest absolute Gasteiger partial charge is 0.127 e. The van der Waals surface area contributed by atoms with Gasteiger partial charge in [0.2, 0.25) is 0 Å². The summed E-state index contributed by atoms with van der Waals surface area (Å²) in [6, 6.07) is 15.9. The summed E-state index contributed by atoms with van der Waals surface area (Å²) in [4.78, 5) is 0. The Labute approximate surface area is 119 Å². The van der Waals surface area contributed by atoms with Gasteiger partial charge in [0.1, 0.15) is 11.5 Å². The van der Waals surface area contributed by atoms with Crippen LogP contribution in [0, 0.1) is 0 Å². The van der Waals surface area contributed by atoms with Crippen LogP contribution in [-0.4, -0.2) is 6.04 Å². The molecule has 0 spiro atoms. The lowest BCUT2D eigenvalue weighted by Gasteiger charge is -2.09. The SMILES string of the molecule is CC(C)NCc1ccc(Oc2ccc(Cl)cc2)cc1. The van der Waals surface area contributed by atoms with Gasteiger partial charge in [0.15, 0.2) is 0 Å². The van der Waals surface area contributed by atoms with Crippen LogP contribution < -0.4 is 10.1 Å². The summed E-state index contributed by atoms with van der Waals surface area (Å²) in [6.45, 7) is 5.15. The van der Waals surface area contributed by atoms with Gasteiger partial charge in [0, 0.05) is 17.6 Å². The van der Waals surface area contributed by atoms with Crippen LogP contribution >= 0.6 is 11.6 Å². The zero-order valence-corrected chi connectivity index (χ0v) is 11.9. The molecule has 0 amide bonds. The minimum Gasteiger partial charge on any atom is -0.457 e. The summed E-state index contributed by atoms with van der Waals surface area (Å²) in [5.41, 5.74) is 1.25. The molecule has 0 saturated carbocycles. The zero-order valence-electron chi connectivity index (χ0n) is 11.2. The molecule has 0 aliphatic heterocycles. The van der Waals surface area contributed by atoms with E-state index in [0.717, 1.165) is 18.0 Å². The maximum absolute atomic E-state index is 5.83. The number of nitrogens with one attached hydrogen (secondary N) is 1. The number of hydrogen-bond acceptors (Lipinski definition) is 2. The van der Waals surface area contributed by atoms with Crippen LogP contribution in [0.2, 0.25) is 5.02 Å². The predicted molar refractivity (Wildman–Crippen MR) is 79.9 cm³/mol. The number of benzene rings is 2. The van der Waals surface area contributed by atoms with Crippen LogP contribution in [0.15, 0.2) is 48.5 Å². The van der Waals surface area contributed by atoms with Crippen molar-refractivity contribution in [3.8, 4) is 11.5 Å². The molecule has 100 valence electrons. The van der Waals surface area contributed by atoms with Gasteiger partial charge in [-0.3, -0.25) is 0 Å². The molecule has 0 aliphatic carbocycles. The standard InChI is InChI=1S/C16H18ClNO/c1-12(2)18-11-13-3-7-15(8-4-13)19-16-9-5-14(17)6-10-16/h3-10,12,18H,11H2,1-2H3. The van der Waals surface area contributed by atoms with Gasteiger partial charge in [-0.15, -0.1) is 0 Å². The summed E-state index contributed by atoms with van der Waals surface area (Å²) >= 11 is 5.83. The molecule has 2 nitrogen and oxygen atoms in total. The molecule has 2 rings (SSSR count). The van der Waals surface area contributed by atoms with Crippen molar-refractivity contribution in [1.82, 2.24) is 5.32 Å². The topological polar surface area (TPSA) is 21.3 Å². The van der Waals surface area contributed by atoms with Gasteiger partial charge in [-0.1, -0.05) is 37.6 Å². The Balaban J connectivity index is 1.96. The number of rotatable bonds is 5. The highest BCUT2D eigenvalue weighted by Crippen LogP contribution is 2.23. The summed E-state index contributed by atoms with van der Waals surface area (Å²) in [6.07, 6.45) is 0. The third-order valence-electron chi connectivity index (χ3n) is 2.69. The Kier molecular flexibility index (Phi) is 4.83. The van der Waals surface area contributed by atoms with E-state index in [0.29, 0.717) is 11.1 Å². The van der Waals surface area contributed by atoms with E-state index >= 15 is 0 Å². The van der Waals surface area contributed by atoms with E-state index in [1.807, 2.05) is 36.4 Å². The van der Waals surface area contributed by atoms with Crippen LogP contribution in [0.1, 0.15) is 19.4 Å². The Bertz CT molecular complexity index is 505. The molecule has 0 radical (unpaired) electrons. The molecule has 0 atom stereocenters. The Morgan fingerprint density at radius 1 is 0.947 bits per heavy atom. The molecular formula is C16H18ClNO. The average molecular weight is 276 g/mol. The van der Waals surface area contributed by atoms with Crippen molar-refractivity contribution in [3.63, 3.8) is 0 Å². The molecule has 19 heavy (non-hydrogen) atoms. The van der Waals surface area contributed by atoms with E-state index in [9.17, 15) is 0 Å². The van der Waals surface area contributed by atoms with Crippen LogP contribution in [0.4, 0.5) is 0 Å². The van der Waals surface area contributed by atoms with Crippen molar-refractivity contribution in [2.24, 2.45) is 0 Å². The monoisotopic (exact) mass is 275 g/mol. The van der Waals surface area contributed by atoms with Crippen molar-refractivity contribution >= 4 is 11.6 Å². The summed E-state index contributed by atoms with van der Waals surface area (Å²) in [5.74, 6) is 1.62. The first-order chi connectivity index (χ1) is 9.13. The van der Waals surface area contributed by atoms with Gasteiger partial charge < -0.3 is 10.1 Å². The lowest BCUT2D eigenvalue weighted by Crippen LogP contribution is -2.21. The first-order valence-corrected chi connectivity index (χ1v) is 6.77. The van der Waals surface area contributed by atoms with E-state index < -0.39 is 0 Å². The number of hydrogen-bond donors (Lipinski definition) is 1. The Hall–Kier alpha value is -1.51. The summed E-state index contributed by atoms with van der Waals surface area (Å²) in [7, 11) is 0. The highest BCUT2D eigenvalue weighted by Gasteiger charge is 1.99. The van der Waals surface area contributed by atoms with E-state index in [-0.39, 0.29) is 0 Å². The van der Waals surface area contributed by atoms with Gasteiger partial charge in [-0.05, 0) is 42.0 Å². The number of ether oxygens (including phenoxy) is 1. The lowest BCUT2D eigenvalue weighted by molar-refractivity contribution is 0.482. The second-order valence-electron chi connectivity index (χ2n) is 4.74. The van der Waals surface area contributed by atoms with Gasteiger partial charge in [0.25, 0.3) is 0 Å². The third-order valence-corrected chi connectivity index (χ3v) is 2.94. The second-order valence-corrected chi connectivity index (χ2v) is 5.17. The first kappa shape index (κ1) is 13.9. The molecule has 2 aromatic carbocycles. The molecule has 3 heteroatoms. The van der Waals surface area contributed by atoms with Crippen molar-refractivity contribution in [2.45, 2.75) is 26.4 Å². The fourth-order valence-electron chi connectivity index (χ4n) is 1.64. The Morgan fingerprint density at radius 2 is 1.47 bits per heavy atom. The minimum absolute atomic E-state index is 0.491. The van der Waals surface area contributed by atoms with E-state index in [2.05, 4.69) is 31.3 Å². The fraction of sp³-hybridized carbons (Fsp3) is 0.250. The first-order valence-electron chi connectivity index (χ1n) is 6.39. The molecule has 0 saturated heterocycles. The zero-order chi connectivity index (χ0) is 13.7. The molecule has 1 N–H and O–H groups in total.